The molecule has 19 heavy (non-hydrogen) atoms. The van der Waals surface area contributed by atoms with Crippen LogP contribution < -0.4 is 10.2 Å². The Bertz CT molecular complexity index is 441. The molecule has 5 heteroatoms. The van der Waals surface area contributed by atoms with Crippen LogP contribution in [0.1, 0.15) is 19.3 Å². The molecule has 1 aliphatic heterocycles. The Morgan fingerprint density at radius 1 is 1.26 bits per heavy atom. The topological polar surface area (TPSA) is 69.6 Å². The van der Waals surface area contributed by atoms with Crippen LogP contribution >= 0.6 is 0 Å². The van der Waals surface area contributed by atoms with Crippen LogP contribution in [0.5, 0.6) is 0 Å². The average molecular weight is 262 g/mol. The third kappa shape index (κ3) is 3.54. The van der Waals surface area contributed by atoms with Crippen LogP contribution in [0.15, 0.2) is 30.3 Å². The van der Waals surface area contributed by atoms with Crippen LogP contribution in [-0.2, 0) is 9.59 Å². The van der Waals surface area contributed by atoms with E-state index in [1.165, 1.54) is 4.90 Å². The number of benzene rings is 1. The quantitative estimate of drug-likeness (QED) is 0.856. The Hall–Kier alpha value is -1.88. The highest BCUT2D eigenvalue weighted by molar-refractivity contribution is 6.00. The molecule has 0 bridgehead atoms. The maximum Gasteiger partial charge on any atom is 0.323 e. The zero-order valence-corrected chi connectivity index (χ0v) is 10.7. The van der Waals surface area contributed by atoms with Gasteiger partial charge in [-0.05, 0) is 31.5 Å². The summed E-state index contributed by atoms with van der Waals surface area (Å²) in [6.07, 6.45) is 2.83. The Morgan fingerprint density at radius 2 is 2.00 bits per heavy atom. The highest BCUT2D eigenvalue weighted by Crippen LogP contribution is 2.17. The highest BCUT2D eigenvalue weighted by atomic mass is 16.4. The number of amides is 1. The average Bonchev–Trinajstić information content (AvgIpc) is 2.46. The molecule has 0 aliphatic carbocycles. The third-order valence-electron chi connectivity index (χ3n) is 3.24. The van der Waals surface area contributed by atoms with E-state index >= 15 is 0 Å². The number of hydrogen-bond donors (Lipinski definition) is 2. The second-order valence-corrected chi connectivity index (χ2v) is 4.66. The Morgan fingerprint density at radius 3 is 2.58 bits per heavy atom. The molecule has 1 heterocycles. The van der Waals surface area contributed by atoms with Gasteiger partial charge in [-0.1, -0.05) is 24.6 Å². The number of anilines is 1. The third-order valence-corrected chi connectivity index (χ3v) is 3.24. The molecule has 0 aromatic heterocycles. The minimum Gasteiger partial charge on any atom is -0.480 e. The fourth-order valence-corrected chi connectivity index (χ4v) is 2.29. The number of nitrogens with zero attached hydrogens (tertiary/aromatic N) is 1. The van der Waals surface area contributed by atoms with Crippen molar-refractivity contribution in [1.29, 1.82) is 0 Å². The van der Waals surface area contributed by atoms with Crippen LogP contribution in [0.25, 0.3) is 0 Å². The van der Waals surface area contributed by atoms with Gasteiger partial charge in [0.1, 0.15) is 6.54 Å². The fourth-order valence-electron chi connectivity index (χ4n) is 2.29. The number of para-hydroxylation sites is 1. The predicted molar refractivity (Wildman–Crippen MR) is 72.1 cm³/mol. The number of piperidine rings is 1. The van der Waals surface area contributed by atoms with Crippen molar-refractivity contribution in [1.82, 2.24) is 5.32 Å². The first-order chi connectivity index (χ1) is 9.18. The van der Waals surface area contributed by atoms with Gasteiger partial charge in [0, 0.05) is 5.69 Å². The Labute approximate surface area is 112 Å². The fraction of sp³-hybridized carbons (Fsp3) is 0.429. The number of rotatable bonds is 4. The van der Waals surface area contributed by atoms with E-state index in [1.807, 2.05) is 6.07 Å². The van der Waals surface area contributed by atoms with E-state index in [4.69, 9.17) is 5.11 Å². The van der Waals surface area contributed by atoms with Crippen molar-refractivity contribution in [2.24, 2.45) is 0 Å². The van der Waals surface area contributed by atoms with Crippen LogP contribution in [0.2, 0.25) is 0 Å². The zero-order valence-electron chi connectivity index (χ0n) is 10.7. The van der Waals surface area contributed by atoms with Crippen LogP contribution in [-0.4, -0.2) is 36.1 Å². The molecule has 0 spiro atoms. The van der Waals surface area contributed by atoms with Gasteiger partial charge in [-0.15, -0.1) is 0 Å². The van der Waals surface area contributed by atoms with Gasteiger partial charge in [0.05, 0.1) is 6.04 Å². The van der Waals surface area contributed by atoms with Crippen molar-refractivity contribution in [3.8, 4) is 0 Å². The molecule has 1 amide bonds. The summed E-state index contributed by atoms with van der Waals surface area (Å²) in [5, 5.41) is 12.1. The van der Waals surface area contributed by atoms with Crippen molar-refractivity contribution >= 4 is 17.6 Å². The summed E-state index contributed by atoms with van der Waals surface area (Å²) in [6, 6.07) is 8.67. The van der Waals surface area contributed by atoms with Crippen molar-refractivity contribution in [2.45, 2.75) is 25.3 Å². The second kappa shape index (κ2) is 6.33. The van der Waals surface area contributed by atoms with Gasteiger partial charge >= 0.3 is 5.97 Å². The normalized spacial score (nSPS) is 18.8. The monoisotopic (exact) mass is 262 g/mol. The molecule has 0 radical (unpaired) electrons. The number of nitrogens with one attached hydrogen (secondary N) is 1. The summed E-state index contributed by atoms with van der Waals surface area (Å²) < 4.78 is 0. The Balaban J connectivity index is 2.17. The van der Waals surface area contributed by atoms with Gasteiger partial charge in [0.2, 0.25) is 5.91 Å². The van der Waals surface area contributed by atoms with E-state index in [0.717, 1.165) is 25.8 Å². The summed E-state index contributed by atoms with van der Waals surface area (Å²) in [5.41, 5.74) is 0.627. The predicted octanol–water partition coefficient (Wildman–Crippen LogP) is 1.25. The summed E-state index contributed by atoms with van der Waals surface area (Å²) in [4.78, 5) is 24.7. The first-order valence-corrected chi connectivity index (χ1v) is 6.50. The molecular weight excluding hydrogens is 244 g/mol. The molecule has 1 unspecified atom stereocenters. The summed E-state index contributed by atoms with van der Waals surface area (Å²) in [5.74, 6) is -1.17. The van der Waals surface area contributed by atoms with Crippen molar-refractivity contribution in [3.63, 3.8) is 0 Å². The number of hydrogen-bond acceptors (Lipinski definition) is 3. The second-order valence-electron chi connectivity index (χ2n) is 4.66. The lowest BCUT2D eigenvalue weighted by atomic mass is 10.0. The lowest BCUT2D eigenvalue weighted by molar-refractivity contribution is -0.137. The summed E-state index contributed by atoms with van der Waals surface area (Å²) >= 11 is 0. The van der Waals surface area contributed by atoms with Gasteiger partial charge in [-0.2, -0.15) is 0 Å². The molecule has 2 rings (SSSR count). The molecule has 1 aromatic carbocycles. The maximum atomic E-state index is 12.4. The van der Waals surface area contributed by atoms with Crippen LogP contribution in [0.4, 0.5) is 5.69 Å². The first kappa shape index (κ1) is 13.5. The van der Waals surface area contributed by atoms with Crippen LogP contribution in [0, 0.1) is 0 Å². The molecular formula is C14H18N2O3. The lowest BCUT2D eigenvalue weighted by Crippen LogP contribution is -2.50. The van der Waals surface area contributed by atoms with E-state index in [-0.39, 0.29) is 18.5 Å². The smallest absolute Gasteiger partial charge is 0.323 e. The minimum absolute atomic E-state index is 0.159. The van der Waals surface area contributed by atoms with Gasteiger partial charge in [-0.3, -0.25) is 14.5 Å². The van der Waals surface area contributed by atoms with E-state index in [9.17, 15) is 9.59 Å². The molecule has 1 saturated heterocycles. The van der Waals surface area contributed by atoms with Gasteiger partial charge < -0.3 is 10.4 Å². The van der Waals surface area contributed by atoms with E-state index in [2.05, 4.69) is 5.32 Å². The van der Waals surface area contributed by atoms with Crippen molar-refractivity contribution in [3.05, 3.63) is 30.3 Å². The largest absolute Gasteiger partial charge is 0.480 e. The molecule has 1 aliphatic rings. The Kier molecular flexibility index (Phi) is 4.52. The van der Waals surface area contributed by atoms with Crippen molar-refractivity contribution < 1.29 is 14.7 Å². The molecule has 0 saturated carbocycles. The highest BCUT2D eigenvalue weighted by Gasteiger charge is 2.27. The molecule has 5 nitrogen and oxygen atoms in total. The molecule has 1 fully saturated rings. The van der Waals surface area contributed by atoms with E-state index < -0.39 is 5.97 Å². The molecule has 1 atom stereocenters. The molecule has 2 N–H and O–H groups in total. The standard InChI is InChI=1S/C14H18N2O3/c17-13(18)10-16(11-6-2-1-3-7-11)14(19)12-8-4-5-9-15-12/h1-3,6-7,12,15H,4-5,8-10H2,(H,17,18). The molecule has 102 valence electrons. The van der Waals surface area contributed by atoms with E-state index in [0.29, 0.717) is 5.69 Å². The van der Waals surface area contributed by atoms with Gasteiger partial charge in [-0.25, -0.2) is 0 Å². The SMILES string of the molecule is O=C(O)CN(C(=O)C1CCCCN1)c1ccccc1. The number of carboxylic acid groups (broad SMARTS) is 1. The number of carboxylic acids is 1. The number of carbonyl (C=O) groups excluding carboxylic acids is 1. The summed E-state index contributed by atoms with van der Waals surface area (Å²) in [6.45, 7) is 0.507. The van der Waals surface area contributed by atoms with E-state index in [1.54, 1.807) is 24.3 Å². The molecule has 1 aromatic rings. The zero-order chi connectivity index (χ0) is 13.7. The van der Waals surface area contributed by atoms with Gasteiger partial charge in [0.25, 0.3) is 0 Å². The van der Waals surface area contributed by atoms with Gasteiger partial charge in [0.15, 0.2) is 0 Å². The minimum atomic E-state index is -1.01. The van der Waals surface area contributed by atoms with Crippen LogP contribution in [0.3, 0.4) is 0 Å². The summed E-state index contributed by atoms with van der Waals surface area (Å²) in [7, 11) is 0. The number of carbonyl (C=O) groups is 2. The maximum absolute atomic E-state index is 12.4. The lowest BCUT2D eigenvalue weighted by Gasteiger charge is -2.29. The number of aliphatic carboxylic acids is 1. The first-order valence-electron chi connectivity index (χ1n) is 6.50. The van der Waals surface area contributed by atoms with Crippen molar-refractivity contribution in [2.75, 3.05) is 18.0 Å².